The largest absolute Gasteiger partial charge is 0.462 e. The third-order valence-corrected chi connectivity index (χ3v) is 3.56. The van der Waals surface area contributed by atoms with Gasteiger partial charge >= 0.3 is 5.97 Å². The molecular formula is C17H19ClN2O2. The number of hydrogen-bond acceptors (Lipinski definition) is 4. The average Bonchev–Trinajstić information content (AvgIpc) is 2.53. The molecule has 0 saturated carbocycles. The Balaban J connectivity index is 2.19. The second-order valence-electron chi connectivity index (χ2n) is 4.92. The van der Waals surface area contributed by atoms with Crippen molar-refractivity contribution in [2.45, 2.75) is 33.1 Å². The van der Waals surface area contributed by atoms with Crippen LogP contribution in [0.25, 0.3) is 11.4 Å². The first-order valence-corrected chi connectivity index (χ1v) is 7.82. The van der Waals surface area contributed by atoms with Crippen molar-refractivity contribution in [1.82, 2.24) is 9.97 Å². The molecule has 2 rings (SSSR count). The van der Waals surface area contributed by atoms with Gasteiger partial charge in [0.1, 0.15) is 10.7 Å². The molecule has 0 aliphatic heterocycles. The van der Waals surface area contributed by atoms with Crippen molar-refractivity contribution < 1.29 is 9.53 Å². The number of carbonyl (C=O) groups excluding carboxylic acids is 1. The molecule has 0 aliphatic rings. The number of rotatable bonds is 6. The molecular weight excluding hydrogens is 300 g/mol. The lowest BCUT2D eigenvalue weighted by atomic mass is 10.1. The van der Waals surface area contributed by atoms with Crippen molar-refractivity contribution in [3.63, 3.8) is 0 Å². The molecule has 0 fully saturated rings. The molecule has 0 bridgehead atoms. The average molecular weight is 319 g/mol. The van der Waals surface area contributed by atoms with Gasteiger partial charge in [-0.05, 0) is 25.3 Å². The van der Waals surface area contributed by atoms with E-state index in [1.807, 2.05) is 12.1 Å². The lowest BCUT2D eigenvalue weighted by molar-refractivity contribution is 0.0525. The molecule has 1 aromatic heterocycles. The summed E-state index contributed by atoms with van der Waals surface area (Å²) in [4.78, 5) is 20.1. The van der Waals surface area contributed by atoms with Crippen molar-refractivity contribution in [1.29, 1.82) is 0 Å². The first kappa shape index (κ1) is 16.4. The number of halogens is 1. The van der Waals surface area contributed by atoms with Gasteiger partial charge in [-0.2, -0.15) is 0 Å². The van der Waals surface area contributed by atoms with Crippen molar-refractivity contribution in [3.8, 4) is 11.4 Å². The third kappa shape index (κ3) is 4.04. The lowest BCUT2D eigenvalue weighted by Gasteiger charge is -2.06. The highest BCUT2D eigenvalue weighted by Gasteiger charge is 2.14. The van der Waals surface area contributed by atoms with Crippen LogP contribution in [0.4, 0.5) is 0 Å². The Morgan fingerprint density at radius 2 is 1.95 bits per heavy atom. The lowest BCUT2D eigenvalue weighted by Crippen LogP contribution is -2.07. The van der Waals surface area contributed by atoms with E-state index in [2.05, 4.69) is 29.0 Å². The zero-order valence-electron chi connectivity index (χ0n) is 12.8. The number of aryl methyl sites for hydroxylation is 1. The Bertz CT molecular complexity index is 642. The van der Waals surface area contributed by atoms with Crippen molar-refractivity contribution in [2.24, 2.45) is 0 Å². The van der Waals surface area contributed by atoms with Crippen molar-refractivity contribution >= 4 is 17.6 Å². The van der Waals surface area contributed by atoms with Gasteiger partial charge in [0.2, 0.25) is 0 Å². The summed E-state index contributed by atoms with van der Waals surface area (Å²) >= 11 is 6.06. The van der Waals surface area contributed by atoms with Crippen LogP contribution in [0, 0.1) is 0 Å². The Labute approximate surface area is 135 Å². The van der Waals surface area contributed by atoms with Gasteiger partial charge in [0.15, 0.2) is 5.82 Å². The molecule has 0 N–H and O–H groups in total. The fourth-order valence-corrected chi connectivity index (χ4v) is 2.25. The first-order chi connectivity index (χ1) is 10.7. The molecule has 0 radical (unpaired) electrons. The summed E-state index contributed by atoms with van der Waals surface area (Å²) in [5.41, 5.74) is 2.35. The number of hydrogen-bond donors (Lipinski definition) is 0. The third-order valence-electron chi connectivity index (χ3n) is 3.27. The topological polar surface area (TPSA) is 52.1 Å². The zero-order valence-corrected chi connectivity index (χ0v) is 13.6. The SMILES string of the molecule is CCCCc1ccc(-c2ncc(C(=O)OCC)c(Cl)n2)cc1. The van der Waals surface area contributed by atoms with Crippen LogP contribution >= 0.6 is 11.6 Å². The maximum Gasteiger partial charge on any atom is 0.342 e. The maximum absolute atomic E-state index is 11.7. The minimum absolute atomic E-state index is 0.110. The van der Waals surface area contributed by atoms with E-state index in [0.717, 1.165) is 12.0 Å². The molecule has 0 spiro atoms. The molecule has 1 heterocycles. The molecule has 0 atom stereocenters. The van der Waals surface area contributed by atoms with Gasteiger partial charge in [-0.1, -0.05) is 49.2 Å². The Morgan fingerprint density at radius 1 is 1.23 bits per heavy atom. The van der Waals surface area contributed by atoms with Gasteiger partial charge < -0.3 is 4.74 Å². The van der Waals surface area contributed by atoms with Gasteiger partial charge in [0.05, 0.1) is 6.61 Å². The van der Waals surface area contributed by atoms with E-state index in [0.29, 0.717) is 5.82 Å². The second kappa shape index (κ2) is 7.90. The fourth-order valence-electron chi connectivity index (χ4n) is 2.05. The van der Waals surface area contributed by atoms with Crippen molar-refractivity contribution in [2.75, 3.05) is 6.61 Å². The van der Waals surface area contributed by atoms with E-state index in [1.54, 1.807) is 6.92 Å². The Hall–Kier alpha value is -1.94. The number of unbranched alkanes of at least 4 members (excludes halogenated alkanes) is 1. The van der Waals surface area contributed by atoms with Gasteiger partial charge in [-0.15, -0.1) is 0 Å². The van der Waals surface area contributed by atoms with Crippen LogP contribution in [-0.2, 0) is 11.2 Å². The number of aromatic nitrogens is 2. The number of esters is 1. The molecule has 0 unspecified atom stereocenters. The van der Waals surface area contributed by atoms with E-state index in [4.69, 9.17) is 16.3 Å². The normalized spacial score (nSPS) is 10.5. The summed E-state index contributed by atoms with van der Waals surface area (Å²) in [6, 6.07) is 8.09. The monoisotopic (exact) mass is 318 g/mol. The molecule has 0 aliphatic carbocycles. The van der Waals surface area contributed by atoms with E-state index < -0.39 is 5.97 Å². The van der Waals surface area contributed by atoms with Crippen LogP contribution in [0.3, 0.4) is 0 Å². The second-order valence-corrected chi connectivity index (χ2v) is 5.28. The summed E-state index contributed by atoms with van der Waals surface area (Å²) in [7, 11) is 0. The van der Waals surface area contributed by atoms with Crippen LogP contribution in [0.1, 0.15) is 42.6 Å². The minimum atomic E-state index is -0.506. The van der Waals surface area contributed by atoms with E-state index in [1.165, 1.54) is 24.6 Å². The molecule has 5 heteroatoms. The smallest absolute Gasteiger partial charge is 0.342 e. The molecule has 22 heavy (non-hydrogen) atoms. The standard InChI is InChI=1S/C17H19ClN2O2/c1-3-5-6-12-7-9-13(10-8-12)16-19-11-14(15(18)20-16)17(21)22-4-2/h7-11H,3-6H2,1-2H3. The van der Waals surface area contributed by atoms with Crippen LogP contribution in [0.5, 0.6) is 0 Å². The van der Waals surface area contributed by atoms with E-state index in [9.17, 15) is 4.79 Å². The molecule has 116 valence electrons. The van der Waals surface area contributed by atoms with E-state index >= 15 is 0 Å². The predicted octanol–water partition coefficient (Wildman–Crippen LogP) is 4.32. The first-order valence-electron chi connectivity index (χ1n) is 7.44. The highest BCUT2D eigenvalue weighted by atomic mass is 35.5. The molecule has 2 aromatic rings. The van der Waals surface area contributed by atoms with Crippen LogP contribution in [0.2, 0.25) is 5.15 Å². The summed E-state index contributed by atoms with van der Waals surface area (Å²) in [5, 5.41) is 0.110. The summed E-state index contributed by atoms with van der Waals surface area (Å²) in [6.45, 7) is 4.20. The van der Waals surface area contributed by atoms with Gasteiger partial charge in [0, 0.05) is 11.8 Å². The summed E-state index contributed by atoms with van der Waals surface area (Å²) < 4.78 is 4.90. The number of ether oxygens (including phenoxy) is 1. The fraction of sp³-hybridized carbons (Fsp3) is 0.353. The maximum atomic E-state index is 11.7. The highest BCUT2D eigenvalue weighted by Crippen LogP contribution is 2.21. The van der Waals surface area contributed by atoms with Crippen LogP contribution in [-0.4, -0.2) is 22.5 Å². The van der Waals surface area contributed by atoms with Crippen molar-refractivity contribution in [3.05, 3.63) is 46.7 Å². The van der Waals surface area contributed by atoms with E-state index in [-0.39, 0.29) is 17.3 Å². The number of nitrogens with zero attached hydrogens (tertiary/aromatic N) is 2. The molecule has 0 saturated heterocycles. The summed E-state index contributed by atoms with van der Waals surface area (Å²) in [6.07, 6.45) is 4.83. The molecule has 4 nitrogen and oxygen atoms in total. The minimum Gasteiger partial charge on any atom is -0.462 e. The summed E-state index contributed by atoms with van der Waals surface area (Å²) in [5.74, 6) is -0.00551. The highest BCUT2D eigenvalue weighted by molar-refractivity contribution is 6.32. The Morgan fingerprint density at radius 3 is 2.55 bits per heavy atom. The Kier molecular flexibility index (Phi) is 5.90. The van der Waals surface area contributed by atoms with Gasteiger partial charge in [-0.3, -0.25) is 0 Å². The zero-order chi connectivity index (χ0) is 15.9. The molecule has 1 aromatic carbocycles. The van der Waals surface area contributed by atoms with Crippen LogP contribution < -0.4 is 0 Å². The molecule has 0 amide bonds. The van der Waals surface area contributed by atoms with Gasteiger partial charge in [-0.25, -0.2) is 14.8 Å². The number of benzene rings is 1. The van der Waals surface area contributed by atoms with Gasteiger partial charge in [0.25, 0.3) is 0 Å². The number of carbonyl (C=O) groups is 1. The predicted molar refractivity (Wildman–Crippen MR) is 87.0 cm³/mol. The van der Waals surface area contributed by atoms with Crippen LogP contribution in [0.15, 0.2) is 30.5 Å². The quantitative estimate of drug-likeness (QED) is 0.588.